The first-order valence-corrected chi connectivity index (χ1v) is 6.51. The van der Waals surface area contributed by atoms with Crippen LogP contribution in [-0.2, 0) is 0 Å². The van der Waals surface area contributed by atoms with E-state index in [4.69, 9.17) is 5.11 Å². The Morgan fingerprint density at radius 1 is 1.11 bits per heavy atom. The number of aromatic nitrogens is 2. The smallest absolute Gasteiger partial charge is 0.115 e. The van der Waals surface area contributed by atoms with E-state index in [2.05, 4.69) is 46.5 Å². The second-order valence-electron chi connectivity index (χ2n) is 4.50. The van der Waals surface area contributed by atoms with E-state index in [1.807, 2.05) is 12.4 Å². The molecule has 0 fully saturated rings. The Hall–Kier alpha value is -1.78. The Labute approximate surface area is 113 Å². The molecule has 1 atom stereocenters. The van der Waals surface area contributed by atoms with Crippen LogP contribution in [0.3, 0.4) is 0 Å². The molecule has 100 valence electrons. The molecule has 0 aliphatic carbocycles. The summed E-state index contributed by atoms with van der Waals surface area (Å²) in [5.74, 6) is 0. The van der Waals surface area contributed by atoms with Crippen LogP contribution in [-0.4, -0.2) is 28.2 Å². The van der Waals surface area contributed by atoms with Gasteiger partial charge in [-0.25, -0.2) is 9.97 Å². The summed E-state index contributed by atoms with van der Waals surface area (Å²) in [7, 11) is 0. The highest BCUT2D eigenvalue weighted by Gasteiger charge is 2.05. The van der Waals surface area contributed by atoms with Crippen LogP contribution in [0, 0.1) is 0 Å². The van der Waals surface area contributed by atoms with Crippen molar-refractivity contribution in [1.29, 1.82) is 0 Å². The van der Waals surface area contributed by atoms with Crippen LogP contribution in [0.25, 0.3) is 11.1 Å². The van der Waals surface area contributed by atoms with Crippen molar-refractivity contribution < 1.29 is 5.11 Å². The van der Waals surface area contributed by atoms with E-state index < -0.39 is 0 Å². The number of benzene rings is 1. The van der Waals surface area contributed by atoms with E-state index >= 15 is 0 Å². The third-order valence-electron chi connectivity index (χ3n) is 3.09. The summed E-state index contributed by atoms with van der Waals surface area (Å²) >= 11 is 0. The number of rotatable bonds is 6. The molecule has 19 heavy (non-hydrogen) atoms. The second-order valence-corrected chi connectivity index (χ2v) is 4.50. The van der Waals surface area contributed by atoms with E-state index in [0.29, 0.717) is 0 Å². The Morgan fingerprint density at radius 3 is 2.42 bits per heavy atom. The van der Waals surface area contributed by atoms with Gasteiger partial charge in [0, 0.05) is 30.6 Å². The van der Waals surface area contributed by atoms with Gasteiger partial charge in [0.25, 0.3) is 0 Å². The van der Waals surface area contributed by atoms with Gasteiger partial charge in [0.05, 0.1) is 0 Å². The van der Waals surface area contributed by atoms with Gasteiger partial charge in [-0.05, 0) is 31.0 Å². The van der Waals surface area contributed by atoms with Gasteiger partial charge in [0.1, 0.15) is 6.33 Å². The molecule has 1 aromatic heterocycles. The molecule has 1 aromatic carbocycles. The number of hydrogen-bond donors (Lipinski definition) is 2. The van der Waals surface area contributed by atoms with E-state index in [1.54, 1.807) is 0 Å². The average molecular weight is 257 g/mol. The van der Waals surface area contributed by atoms with Crippen LogP contribution in [0.5, 0.6) is 0 Å². The van der Waals surface area contributed by atoms with E-state index in [0.717, 1.165) is 24.1 Å². The van der Waals surface area contributed by atoms with Gasteiger partial charge in [-0.15, -0.1) is 0 Å². The van der Waals surface area contributed by atoms with Crippen molar-refractivity contribution in [2.75, 3.05) is 13.2 Å². The summed E-state index contributed by atoms with van der Waals surface area (Å²) in [6.07, 6.45) is 5.94. The molecule has 2 rings (SSSR count). The van der Waals surface area contributed by atoms with Crippen molar-refractivity contribution >= 4 is 0 Å². The lowest BCUT2D eigenvalue weighted by Crippen LogP contribution is -2.20. The minimum atomic E-state index is 0.229. The molecule has 0 amide bonds. The van der Waals surface area contributed by atoms with Gasteiger partial charge in [0.2, 0.25) is 0 Å². The number of aliphatic hydroxyl groups excluding tert-OH is 1. The molecule has 0 radical (unpaired) electrons. The Balaban J connectivity index is 2.02. The SMILES string of the molecule is CC(NCCCO)c1ccc(-c2cncnc2)cc1. The molecule has 0 spiro atoms. The normalized spacial score (nSPS) is 12.3. The van der Waals surface area contributed by atoms with E-state index in [-0.39, 0.29) is 12.6 Å². The van der Waals surface area contributed by atoms with Crippen LogP contribution >= 0.6 is 0 Å². The predicted octanol–water partition coefficient (Wildman–Crippen LogP) is 2.18. The lowest BCUT2D eigenvalue weighted by Gasteiger charge is -2.14. The van der Waals surface area contributed by atoms with Gasteiger partial charge in [-0.3, -0.25) is 0 Å². The third-order valence-corrected chi connectivity index (χ3v) is 3.09. The first-order valence-electron chi connectivity index (χ1n) is 6.51. The zero-order valence-electron chi connectivity index (χ0n) is 11.1. The fourth-order valence-corrected chi connectivity index (χ4v) is 1.93. The van der Waals surface area contributed by atoms with Crippen molar-refractivity contribution in [3.63, 3.8) is 0 Å². The van der Waals surface area contributed by atoms with Crippen molar-refractivity contribution in [2.45, 2.75) is 19.4 Å². The fourth-order valence-electron chi connectivity index (χ4n) is 1.93. The first kappa shape index (κ1) is 13.6. The molecular formula is C15H19N3O. The second kappa shape index (κ2) is 6.97. The molecule has 1 unspecified atom stereocenters. The summed E-state index contributed by atoms with van der Waals surface area (Å²) in [4.78, 5) is 8.04. The minimum absolute atomic E-state index is 0.229. The molecule has 4 nitrogen and oxygen atoms in total. The zero-order valence-corrected chi connectivity index (χ0v) is 11.1. The van der Waals surface area contributed by atoms with Crippen molar-refractivity contribution in [2.24, 2.45) is 0 Å². The van der Waals surface area contributed by atoms with Crippen LogP contribution in [0.15, 0.2) is 43.0 Å². The van der Waals surface area contributed by atoms with Gasteiger partial charge in [0.15, 0.2) is 0 Å². The van der Waals surface area contributed by atoms with E-state index in [9.17, 15) is 0 Å². The molecule has 1 heterocycles. The van der Waals surface area contributed by atoms with Gasteiger partial charge < -0.3 is 10.4 Å². The maximum absolute atomic E-state index is 8.76. The molecule has 0 bridgehead atoms. The van der Waals surface area contributed by atoms with Crippen molar-refractivity contribution in [3.05, 3.63) is 48.5 Å². The third kappa shape index (κ3) is 3.84. The van der Waals surface area contributed by atoms with Gasteiger partial charge in [-0.1, -0.05) is 24.3 Å². The van der Waals surface area contributed by atoms with Crippen molar-refractivity contribution in [1.82, 2.24) is 15.3 Å². The zero-order chi connectivity index (χ0) is 13.5. The highest BCUT2D eigenvalue weighted by Crippen LogP contribution is 2.20. The molecule has 2 aromatic rings. The number of nitrogens with one attached hydrogen (secondary N) is 1. The number of nitrogens with zero attached hydrogens (tertiary/aromatic N) is 2. The summed E-state index contributed by atoms with van der Waals surface area (Å²) in [6, 6.07) is 8.67. The van der Waals surface area contributed by atoms with Crippen molar-refractivity contribution in [3.8, 4) is 11.1 Å². The minimum Gasteiger partial charge on any atom is -0.396 e. The molecule has 2 N–H and O–H groups in total. The molecule has 0 saturated heterocycles. The Morgan fingerprint density at radius 2 is 1.79 bits per heavy atom. The molecule has 0 aliphatic rings. The lowest BCUT2D eigenvalue weighted by molar-refractivity contribution is 0.284. The predicted molar refractivity (Wildman–Crippen MR) is 75.6 cm³/mol. The van der Waals surface area contributed by atoms with E-state index in [1.165, 1.54) is 11.9 Å². The Kier molecular flexibility index (Phi) is 5.01. The maximum Gasteiger partial charge on any atom is 0.115 e. The molecule has 0 saturated carbocycles. The standard InChI is InChI=1S/C15H19N3O/c1-12(18-7-2-8-19)13-3-5-14(6-4-13)15-9-16-11-17-10-15/h3-6,9-12,18-19H,2,7-8H2,1H3. The van der Waals surface area contributed by atoms with Crippen LogP contribution in [0.2, 0.25) is 0 Å². The monoisotopic (exact) mass is 257 g/mol. The maximum atomic E-state index is 8.76. The average Bonchev–Trinajstić information content (AvgIpc) is 2.48. The summed E-state index contributed by atoms with van der Waals surface area (Å²) in [5.41, 5.74) is 3.38. The lowest BCUT2D eigenvalue weighted by atomic mass is 10.0. The topological polar surface area (TPSA) is 58.0 Å². The molecule has 0 aliphatic heterocycles. The number of aliphatic hydroxyl groups is 1. The first-order chi connectivity index (χ1) is 9.31. The summed E-state index contributed by atoms with van der Waals surface area (Å²) in [6.45, 7) is 3.18. The largest absolute Gasteiger partial charge is 0.396 e. The highest BCUT2D eigenvalue weighted by atomic mass is 16.3. The fraction of sp³-hybridized carbons (Fsp3) is 0.333. The van der Waals surface area contributed by atoms with Gasteiger partial charge >= 0.3 is 0 Å². The quantitative estimate of drug-likeness (QED) is 0.779. The van der Waals surface area contributed by atoms with Crippen LogP contribution < -0.4 is 5.32 Å². The van der Waals surface area contributed by atoms with Crippen LogP contribution in [0.4, 0.5) is 0 Å². The molecule has 4 heteroatoms. The highest BCUT2D eigenvalue weighted by molar-refractivity contribution is 5.61. The van der Waals surface area contributed by atoms with Crippen LogP contribution in [0.1, 0.15) is 24.9 Å². The summed E-state index contributed by atoms with van der Waals surface area (Å²) in [5, 5.41) is 12.1. The van der Waals surface area contributed by atoms with Gasteiger partial charge in [-0.2, -0.15) is 0 Å². The summed E-state index contributed by atoms with van der Waals surface area (Å²) < 4.78 is 0. The molecular weight excluding hydrogens is 238 g/mol. The Bertz CT molecular complexity index is 485. The number of hydrogen-bond acceptors (Lipinski definition) is 4.